The zero-order chi connectivity index (χ0) is 24.0. The molecule has 0 spiro atoms. The first-order chi connectivity index (χ1) is 15.7. The Bertz CT molecular complexity index is 1250. The third-order valence-corrected chi connectivity index (χ3v) is 6.69. The lowest BCUT2D eigenvalue weighted by Gasteiger charge is -2.19. The van der Waals surface area contributed by atoms with Crippen molar-refractivity contribution in [3.05, 3.63) is 78.4 Å². The molecule has 7 nitrogen and oxygen atoms in total. The van der Waals surface area contributed by atoms with Crippen molar-refractivity contribution in [3.8, 4) is 5.75 Å². The van der Waals surface area contributed by atoms with Crippen LogP contribution >= 0.6 is 12.2 Å². The van der Waals surface area contributed by atoms with Crippen LogP contribution < -0.4 is 25.1 Å². The molecular weight excluding hydrogens is 457 g/mol. The molecule has 0 bridgehead atoms. The second kappa shape index (κ2) is 10.5. The van der Waals surface area contributed by atoms with Crippen LogP contribution in [0.25, 0.3) is 0 Å². The molecule has 2 N–H and O–H groups in total. The highest BCUT2D eigenvalue weighted by molar-refractivity contribution is 7.92. The van der Waals surface area contributed by atoms with Gasteiger partial charge in [-0.2, -0.15) is 0 Å². The third kappa shape index (κ3) is 5.91. The highest BCUT2D eigenvalue weighted by Crippen LogP contribution is 2.22. The SMILES string of the molecule is [B]c1cc(C(=O)NC(=S)Nc2ccc(S(=O)(=O)N(C)c3ccccc3)cc2)ccc1OCC. The fourth-order valence-corrected chi connectivity index (χ4v) is 4.37. The van der Waals surface area contributed by atoms with Crippen LogP contribution in [0, 0.1) is 0 Å². The summed E-state index contributed by atoms with van der Waals surface area (Å²) in [6.07, 6.45) is 0. The Kier molecular flexibility index (Phi) is 7.73. The molecule has 168 valence electrons. The topological polar surface area (TPSA) is 87.7 Å². The van der Waals surface area contributed by atoms with E-state index in [-0.39, 0.29) is 10.0 Å². The van der Waals surface area contributed by atoms with Gasteiger partial charge in [-0.05, 0) is 67.7 Å². The quantitative estimate of drug-likeness (QED) is 0.401. The van der Waals surface area contributed by atoms with Gasteiger partial charge >= 0.3 is 0 Å². The Hall–Kier alpha value is -3.37. The van der Waals surface area contributed by atoms with Crippen molar-refractivity contribution >= 4 is 57.9 Å². The number of amides is 1. The zero-order valence-corrected chi connectivity index (χ0v) is 19.7. The van der Waals surface area contributed by atoms with Crippen molar-refractivity contribution < 1.29 is 17.9 Å². The molecule has 3 aromatic rings. The van der Waals surface area contributed by atoms with Gasteiger partial charge in [-0.1, -0.05) is 29.7 Å². The molecule has 0 saturated carbocycles. The van der Waals surface area contributed by atoms with Crippen LogP contribution in [0.2, 0.25) is 0 Å². The minimum absolute atomic E-state index is 0.0597. The van der Waals surface area contributed by atoms with E-state index in [0.717, 1.165) is 0 Å². The molecule has 0 atom stereocenters. The van der Waals surface area contributed by atoms with Gasteiger partial charge in [-0.3, -0.25) is 14.4 Å². The summed E-state index contributed by atoms with van der Waals surface area (Å²) in [5.74, 6) is 0.0636. The molecule has 3 aromatic carbocycles. The molecule has 2 radical (unpaired) electrons. The van der Waals surface area contributed by atoms with Crippen LogP contribution in [0.1, 0.15) is 17.3 Å². The molecule has 0 aliphatic carbocycles. The van der Waals surface area contributed by atoms with Gasteiger partial charge in [-0.15, -0.1) is 0 Å². The van der Waals surface area contributed by atoms with Crippen molar-refractivity contribution in [2.75, 3.05) is 23.3 Å². The highest BCUT2D eigenvalue weighted by atomic mass is 32.2. The normalized spacial score (nSPS) is 10.8. The maximum Gasteiger partial charge on any atom is 0.264 e. The van der Waals surface area contributed by atoms with Crippen LogP contribution in [0.3, 0.4) is 0 Å². The van der Waals surface area contributed by atoms with Crippen LogP contribution in [0.4, 0.5) is 11.4 Å². The van der Waals surface area contributed by atoms with Crippen LogP contribution in [0.5, 0.6) is 5.75 Å². The Labute approximate surface area is 200 Å². The fraction of sp³-hybridized carbons (Fsp3) is 0.130. The predicted octanol–water partition coefficient (Wildman–Crippen LogP) is 2.83. The molecule has 33 heavy (non-hydrogen) atoms. The van der Waals surface area contributed by atoms with Gasteiger partial charge < -0.3 is 10.1 Å². The molecule has 0 aliphatic heterocycles. The van der Waals surface area contributed by atoms with Gasteiger partial charge in [0.1, 0.15) is 13.6 Å². The van der Waals surface area contributed by atoms with E-state index in [1.54, 1.807) is 48.5 Å². The Morgan fingerprint density at radius 1 is 1.06 bits per heavy atom. The van der Waals surface area contributed by atoms with Gasteiger partial charge in [0.25, 0.3) is 15.9 Å². The number of carbonyl (C=O) groups is 1. The number of ether oxygens (including phenoxy) is 1. The second-order valence-corrected chi connectivity index (χ2v) is 9.30. The summed E-state index contributed by atoms with van der Waals surface area (Å²) in [6.45, 7) is 2.31. The number of hydrogen-bond donors (Lipinski definition) is 2. The lowest BCUT2D eigenvalue weighted by molar-refractivity contribution is 0.0978. The number of nitrogens with zero attached hydrogens (tertiary/aromatic N) is 1. The Morgan fingerprint density at radius 2 is 1.73 bits per heavy atom. The Morgan fingerprint density at radius 3 is 2.33 bits per heavy atom. The molecule has 3 rings (SSSR count). The largest absolute Gasteiger partial charge is 0.495 e. The van der Waals surface area contributed by atoms with Crippen molar-refractivity contribution in [3.63, 3.8) is 0 Å². The number of para-hydroxylation sites is 1. The summed E-state index contributed by atoms with van der Waals surface area (Å²) in [6, 6.07) is 19.6. The summed E-state index contributed by atoms with van der Waals surface area (Å²) >= 11 is 5.20. The van der Waals surface area contributed by atoms with Gasteiger partial charge in [0, 0.05) is 18.3 Å². The van der Waals surface area contributed by atoms with Gasteiger partial charge in [0.15, 0.2) is 5.11 Å². The van der Waals surface area contributed by atoms with E-state index in [9.17, 15) is 13.2 Å². The van der Waals surface area contributed by atoms with Gasteiger partial charge in [0.2, 0.25) is 0 Å². The van der Waals surface area contributed by atoms with Crippen molar-refractivity contribution in [2.45, 2.75) is 11.8 Å². The molecule has 0 fully saturated rings. The average Bonchev–Trinajstić information content (AvgIpc) is 2.80. The lowest BCUT2D eigenvalue weighted by atomic mass is 9.93. The standard InChI is InChI=1S/C23H22BN3O4S2/c1-3-31-21-14-9-16(15-20(21)24)22(28)26-23(32)25-17-10-12-19(13-11-17)33(29,30)27(2)18-7-5-4-6-8-18/h4-15H,3H2,1-2H3,(H2,25,26,28,32). The maximum atomic E-state index is 12.9. The second-order valence-electron chi connectivity index (χ2n) is 6.93. The number of anilines is 2. The van der Waals surface area contributed by atoms with Crippen molar-refractivity contribution in [1.29, 1.82) is 0 Å². The van der Waals surface area contributed by atoms with E-state index in [1.165, 1.54) is 29.6 Å². The van der Waals surface area contributed by atoms with E-state index in [0.29, 0.717) is 34.8 Å². The smallest absolute Gasteiger partial charge is 0.264 e. The van der Waals surface area contributed by atoms with E-state index in [1.807, 2.05) is 13.0 Å². The number of benzene rings is 3. The van der Waals surface area contributed by atoms with E-state index in [4.69, 9.17) is 24.8 Å². The lowest BCUT2D eigenvalue weighted by Crippen LogP contribution is -2.34. The summed E-state index contributed by atoms with van der Waals surface area (Å²) in [5, 5.41) is 5.49. The minimum Gasteiger partial charge on any atom is -0.495 e. The number of carbonyl (C=O) groups excluding carboxylic acids is 1. The molecule has 10 heteroatoms. The third-order valence-electron chi connectivity index (χ3n) is 4.69. The first-order valence-electron chi connectivity index (χ1n) is 10.0. The molecule has 1 amide bonds. The van der Waals surface area contributed by atoms with Crippen LogP contribution in [-0.4, -0.2) is 40.9 Å². The van der Waals surface area contributed by atoms with Gasteiger partial charge in [0.05, 0.1) is 17.2 Å². The maximum absolute atomic E-state index is 12.9. The summed E-state index contributed by atoms with van der Waals surface area (Å²) < 4.78 is 32.3. The summed E-state index contributed by atoms with van der Waals surface area (Å²) in [7, 11) is 3.67. The van der Waals surface area contributed by atoms with E-state index in [2.05, 4.69) is 10.6 Å². The minimum atomic E-state index is -3.72. The van der Waals surface area contributed by atoms with E-state index < -0.39 is 15.9 Å². The predicted molar refractivity (Wildman–Crippen MR) is 135 cm³/mol. The number of hydrogen-bond acceptors (Lipinski definition) is 5. The van der Waals surface area contributed by atoms with Crippen LogP contribution in [-0.2, 0) is 10.0 Å². The zero-order valence-electron chi connectivity index (χ0n) is 18.1. The highest BCUT2D eigenvalue weighted by Gasteiger charge is 2.21. The molecular formula is C23H22BN3O4S2. The van der Waals surface area contributed by atoms with E-state index >= 15 is 0 Å². The first kappa shape index (κ1) is 24.3. The average molecular weight is 479 g/mol. The van der Waals surface area contributed by atoms with Crippen LogP contribution in [0.15, 0.2) is 77.7 Å². The molecule has 0 unspecified atom stereocenters. The summed E-state index contributed by atoms with van der Waals surface area (Å²) in [4.78, 5) is 12.6. The number of nitrogens with one attached hydrogen (secondary N) is 2. The Balaban J connectivity index is 1.64. The van der Waals surface area contributed by atoms with Gasteiger partial charge in [-0.25, -0.2) is 8.42 Å². The number of sulfonamides is 1. The number of rotatable bonds is 7. The molecule has 0 heterocycles. The monoisotopic (exact) mass is 479 g/mol. The molecule has 0 aliphatic rings. The molecule has 0 aromatic heterocycles. The van der Waals surface area contributed by atoms with Crippen molar-refractivity contribution in [2.24, 2.45) is 0 Å². The fourth-order valence-electron chi connectivity index (χ4n) is 2.96. The summed E-state index contributed by atoms with van der Waals surface area (Å²) in [5.41, 5.74) is 1.75. The molecule has 0 saturated heterocycles. The first-order valence-corrected chi connectivity index (χ1v) is 11.9. The number of thiocarbonyl (C=S) groups is 1. The van der Waals surface area contributed by atoms with Crippen molar-refractivity contribution in [1.82, 2.24) is 5.32 Å².